The number of hydrogen-bond donors (Lipinski definition) is 2. The Labute approximate surface area is 205 Å². The molecule has 1 aliphatic rings. The molecule has 2 N–H and O–H groups in total. The largest absolute Gasteiger partial charge is 0.489 e. The van der Waals surface area contributed by atoms with Gasteiger partial charge in [-0.3, -0.25) is 9.29 Å². The quantitative estimate of drug-likeness (QED) is 0.270. The van der Waals surface area contributed by atoms with Gasteiger partial charge in [-0.15, -0.1) is 0 Å². The van der Waals surface area contributed by atoms with E-state index in [1.54, 1.807) is 26.0 Å². The highest BCUT2D eigenvalue weighted by molar-refractivity contribution is 5.85. The molecule has 4 rings (SSSR count). The Hall–Kier alpha value is -2.72. The van der Waals surface area contributed by atoms with E-state index in [2.05, 4.69) is 10.3 Å². The van der Waals surface area contributed by atoms with Gasteiger partial charge in [0.1, 0.15) is 12.4 Å². The Morgan fingerprint density at radius 2 is 1.89 bits per heavy atom. The average molecular weight is 514 g/mol. The van der Waals surface area contributed by atoms with E-state index in [0.29, 0.717) is 30.6 Å². The topological polar surface area (TPSA) is 40.3 Å². The first kappa shape index (κ1) is 26.3. The highest BCUT2D eigenvalue weighted by Crippen LogP contribution is 2.47. The second kappa shape index (κ2) is 10.3. The molecule has 2 heterocycles. The predicted molar refractivity (Wildman–Crippen MR) is 126 cm³/mol. The van der Waals surface area contributed by atoms with Crippen LogP contribution in [0.15, 0.2) is 36.4 Å². The van der Waals surface area contributed by atoms with Crippen molar-refractivity contribution in [3.63, 3.8) is 0 Å². The van der Waals surface area contributed by atoms with Crippen LogP contribution in [0.5, 0.6) is 5.75 Å². The second-order valence-corrected chi connectivity index (χ2v) is 9.65. The summed E-state index contributed by atoms with van der Waals surface area (Å²) in [6.45, 7) is 2.23. The van der Waals surface area contributed by atoms with E-state index >= 15 is 4.39 Å². The van der Waals surface area contributed by atoms with Gasteiger partial charge in [0.25, 0.3) is 0 Å². The van der Waals surface area contributed by atoms with Gasteiger partial charge in [0.05, 0.1) is 19.3 Å². The fourth-order valence-electron chi connectivity index (χ4n) is 4.94. The summed E-state index contributed by atoms with van der Waals surface area (Å²) in [4.78, 5) is 4.35. The molecule has 0 amide bonds. The van der Waals surface area contributed by atoms with E-state index in [0.717, 1.165) is 23.1 Å². The average Bonchev–Trinajstić information content (AvgIpc) is 3.15. The molecule has 1 aliphatic heterocycles. The number of fused-ring (bicyclic) bond motifs is 3. The minimum atomic E-state index is -4.56. The van der Waals surface area contributed by atoms with Gasteiger partial charge in [-0.1, -0.05) is 18.2 Å². The number of aromatic nitrogens is 1. The lowest BCUT2D eigenvalue weighted by atomic mass is 9.81. The SMILES string of the molecule is CC1(C)Cc2c([nH]c3ccccc23)[C@@H](c2cc(F)cc(OCCNCCCF)c2F)N1CC(F)(F)F. The number of nitrogens with zero attached hydrogens (tertiary/aromatic N) is 1. The Balaban J connectivity index is 1.78. The van der Waals surface area contributed by atoms with Crippen molar-refractivity contribution in [2.24, 2.45) is 0 Å². The third-order valence-corrected chi connectivity index (χ3v) is 6.52. The van der Waals surface area contributed by atoms with Crippen LogP contribution in [0.2, 0.25) is 0 Å². The van der Waals surface area contributed by atoms with Gasteiger partial charge in [-0.2, -0.15) is 13.2 Å². The number of para-hydroxylation sites is 1. The molecule has 0 aliphatic carbocycles. The van der Waals surface area contributed by atoms with E-state index < -0.39 is 42.6 Å². The third-order valence-electron chi connectivity index (χ3n) is 6.52. The first-order valence-corrected chi connectivity index (χ1v) is 11.8. The van der Waals surface area contributed by atoms with Crippen molar-refractivity contribution in [3.8, 4) is 5.75 Å². The molecule has 0 spiro atoms. The van der Waals surface area contributed by atoms with Crippen molar-refractivity contribution < 1.29 is 31.1 Å². The van der Waals surface area contributed by atoms with Gasteiger partial charge in [0.15, 0.2) is 11.6 Å². The molecule has 0 radical (unpaired) electrons. The number of aromatic amines is 1. The molecule has 1 atom stereocenters. The zero-order valence-electron chi connectivity index (χ0n) is 20.1. The minimum Gasteiger partial charge on any atom is -0.489 e. The van der Waals surface area contributed by atoms with Crippen LogP contribution in [0.25, 0.3) is 10.9 Å². The smallest absolute Gasteiger partial charge is 0.401 e. The normalized spacial score (nSPS) is 17.9. The monoisotopic (exact) mass is 513 g/mol. The first-order valence-electron chi connectivity index (χ1n) is 11.8. The molecule has 10 heteroatoms. The zero-order chi connectivity index (χ0) is 26.1. The summed E-state index contributed by atoms with van der Waals surface area (Å²) >= 11 is 0. The lowest BCUT2D eigenvalue weighted by Crippen LogP contribution is -2.54. The first-order chi connectivity index (χ1) is 17.0. The number of alkyl halides is 4. The highest BCUT2D eigenvalue weighted by atomic mass is 19.4. The maximum absolute atomic E-state index is 15.8. The summed E-state index contributed by atoms with van der Waals surface area (Å²) in [5.74, 6) is -2.12. The highest BCUT2D eigenvalue weighted by Gasteiger charge is 2.47. The van der Waals surface area contributed by atoms with E-state index in [9.17, 15) is 22.0 Å². The van der Waals surface area contributed by atoms with E-state index in [-0.39, 0.29) is 24.5 Å². The summed E-state index contributed by atoms with van der Waals surface area (Å²) in [5, 5.41) is 3.76. The molecule has 0 saturated carbocycles. The van der Waals surface area contributed by atoms with Crippen molar-refractivity contribution in [1.29, 1.82) is 0 Å². The van der Waals surface area contributed by atoms with Gasteiger partial charge in [-0.25, -0.2) is 8.78 Å². The maximum atomic E-state index is 15.8. The van der Waals surface area contributed by atoms with Crippen LogP contribution in [-0.4, -0.2) is 54.5 Å². The lowest BCUT2D eigenvalue weighted by Gasteiger charge is -2.48. The predicted octanol–water partition coefficient (Wildman–Crippen LogP) is 6.06. The van der Waals surface area contributed by atoms with Crippen molar-refractivity contribution in [2.45, 2.75) is 44.4 Å². The number of ether oxygens (including phenoxy) is 1. The van der Waals surface area contributed by atoms with Gasteiger partial charge in [0, 0.05) is 40.3 Å². The molecular formula is C26H29F6N3O. The van der Waals surface area contributed by atoms with Gasteiger partial charge < -0.3 is 15.0 Å². The van der Waals surface area contributed by atoms with Crippen molar-refractivity contribution in [2.75, 3.05) is 32.9 Å². The summed E-state index contributed by atoms with van der Waals surface area (Å²) in [7, 11) is 0. The van der Waals surface area contributed by atoms with Crippen molar-refractivity contribution in [1.82, 2.24) is 15.2 Å². The number of benzene rings is 2. The van der Waals surface area contributed by atoms with Crippen LogP contribution in [0.3, 0.4) is 0 Å². The summed E-state index contributed by atoms with van der Waals surface area (Å²) in [6, 6.07) is 7.90. The molecule has 2 aromatic carbocycles. The molecule has 0 bridgehead atoms. The Kier molecular flexibility index (Phi) is 7.56. The molecule has 36 heavy (non-hydrogen) atoms. The summed E-state index contributed by atoms with van der Waals surface area (Å²) in [6.07, 6.45) is -3.95. The molecule has 3 aromatic rings. The number of halogens is 6. The molecule has 4 nitrogen and oxygen atoms in total. The Bertz CT molecular complexity index is 1210. The number of hydrogen-bond acceptors (Lipinski definition) is 3. The van der Waals surface area contributed by atoms with Gasteiger partial charge >= 0.3 is 6.18 Å². The van der Waals surface area contributed by atoms with Crippen molar-refractivity contribution >= 4 is 10.9 Å². The van der Waals surface area contributed by atoms with Crippen LogP contribution in [0.4, 0.5) is 26.3 Å². The Morgan fingerprint density at radius 3 is 2.61 bits per heavy atom. The van der Waals surface area contributed by atoms with E-state index in [1.165, 1.54) is 4.90 Å². The second-order valence-electron chi connectivity index (χ2n) is 9.65. The summed E-state index contributed by atoms with van der Waals surface area (Å²) < 4.78 is 89.4. The van der Waals surface area contributed by atoms with Crippen LogP contribution >= 0.6 is 0 Å². The molecule has 196 valence electrons. The Morgan fingerprint density at radius 1 is 1.14 bits per heavy atom. The van der Waals surface area contributed by atoms with Gasteiger partial charge in [0.2, 0.25) is 0 Å². The molecule has 0 unspecified atom stereocenters. The van der Waals surface area contributed by atoms with E-state index in [4.69, 9.17) is 4.74 Å². The molecule has 0 saturated heterocycles. The third kappa shape index (κ3) is 5.49. The standard InChI is InChI=1S/C26H29F6N3O/c1-25(2)14-19-17-6-3-4-7-20(17)34-23(19)24(35(25)15-26(30,31)32)18-12-16(28)13-21(22(18)29)36-11-10-33-9-5-8-27/h3-4,6-7,12-13,24,33-34H,5,8-11,14-15H2,1-2H3/t24-/m1/s1. The molecule has 1 aromatic heterocycles. The fourth-order valence-corrected chi connectivity index (χ4v) is 4.94. The number of nitrogens with one attached hydrogen (secondary N) is 2. The number of rotatable bonds is 9. The minimum absolute atomic E-state index is 0.0217. The van der Waals surface area contributed by atoms with Gasteiger partial charge in [-0.05, 0) is 50.9 Å². The van der Waals surface area contributed by atoms with Crippen LogP contribution in [0, 0.1) is 11.6 Å². The molecular weight excluding hydrogens is 484 g/mol. The molecule has 0 fully saturated rings. The zero-order valence-corrected chi connectivity index (χ0v) is 20.1. The maximum Gasteiger partial charge on any atom is 0.401 e. The van der Waals surface area contributed by atoms with Crippen LogP contribution in [0.1, 0.15) is 43.1 Å². The van der Waals surface area contributed by atoms with Crippen LogP contribution in [-0.2, 0) is 6.42 Å². The lowest BCUT2D eigenvalue weighted by molar-refractivity contribution is -0.164. The number of H-pyrrole nitrogens is 1. The van der Waals surface area contributed by atoms with Crippen LogP contribution < -0.4 is 10.1 Å². The summed E-state index contributed by atoms with van der Waals surface area (Å²) in [5.41, 5.74) is 0.647. The fraction of sp³-hybridized carbons (Fsp3) is 0.462. The van der Waals surface area contributed by atoms with Crippen molar-refractivity contribution in [3.05, 3.63) is 64.9 Å². The van der Waals surface area contributed by atoms with E-state index in [1.807, 2.05) is 12.1 Å².